The lowest BCUT2D eigenvalue weighted by Gasteiger charge is -2.10. The number of hydrogen-bond donors (Lipinski definition) is 3. The molecule has 0 fully saturated rings. The Morgan fingerprint density at radius 1 is 1.27 bits per heavy atom. The van der Waals surface area contributed by atoms with Gasteiger partial charge in [-0.15, -0.1) is 0 Å². The molecule has 0 bridgehead atoms. The lowest BCUT2D eigenvalue weighted by molar-refractivity contribution is -0.163. The van der Waals surface area contributed by atoms with Crippen molar-refractivity contribution in [2.45, 2.75) is 12.2 Å². The van der Waals surface area contributed by atoms with Crippen LogP contribution in [-0.4, -0.2) is 39.5 Å². The molecule has 0 saturated carbocycles. The third-order valence-electron chi connectivity index (χ3n) is 0.910. The Morgan fingerprint density at radius 3 is 2.00 bits per heavy atom. The summed E-state index contributed by atoms with van der Waals surface area (Å²) in [4.78, 5) is 20.3. The highest BCUT2D eigenvalue weighted by atomic mass is 31.0. The van der Waals surface area contributed by atoms with E-state index in [0.29, 0.717) is 0 Å². The molecule has 3 atom stereocenters. The van der Waals surface area contributed by atoms with Gasteiger partial charge in [-0.1, -0.05) is 0 Å². The molecule has 11 heavy (non-hydrogen) atoms. The van der Waals surface area contributed by atoms with E-state index in [9.17, 15) is 9.59 Å². The number of carbonyl (C=O) groups excluding carboxylic acids is 1. The van der Waals surface area contributed by atoms with Crippen molar-refractivity contribution in [3.05, 3.63) is 0 Å². The van der Waals surface area contributed by atoms with Crippen LogP contribution in [-0.2, 0) is 14.1 Å². The number of aliphatic hydroxyl groups is 2. The molecule has 0 heterocycles. The van der Waals surface area contributed by atoms with Crippen LogP contribution in [0.3, 0.4) is 0 Å². The van der Waals surface area contributed by atoms with Gasteiger partial charge in [0, 0.05) is 0 Å². The molecular weight excluding hydrogens is 175 g/mol. The van der Waals surface area contributed by atoms with Crippen molar-refractivity contribution in [3.8, 4) is 0 Å². The van der Waals surface area contributed by atoms with Gasteiger partial charge >= 0.3 is 11.9 Å². The lowest BCUT2D eigenvalue weighted by Crippen LogP contribution is -2.39. The van der Waals surface area contributed by atoms with Gasteiger partial charge in [0.2, 0.25) is 0 Å². The van der Waals surface area contributed by atoms with E-state index in [1.807, 2.05) is 0 Å². The van der Waals surface area contributed by atoms with Crippen molar-refractivity contribution in [1.29, 1.82) is 0 Å². The fraction of sp³-hybridized carbons (Fsp3) is 0.500. The van der Waals surface area contributed by atoms with Gasteiger partial charge < -0.3 is 19.8 Å². The van der Waals surface area contributed by atoms with Gasteiger partial charge in [0.15, 0.2) is 12.2 Å². The van der Waals surface area contributed by atoms with E-state index in [2.05, 4.69) is 4.52 Å². The summed E-state index contributed by atoms with van der Waals surface area (Å²) in [7, 11) is 1.53. The van der Waals surface area contributed by atoms with E-state index < -0.39 is 24.1 Å². The van der Waals surface area contributed by atoms with Crippen molar-refractivity contribution in [2.24, 2.45) is 0 Å². The predicted molar refractivity (Wildman–Crippen MR) is 35.5 cm³/mol. The topological polar surface area (TPSA) is 104 Å². The Kier molecular flexibility index (Phi) is 3.95. The molecule has 0 aliphatic heterocycles. The van der Waals surface area contributed by atoms with Crippen LogP contribution in [0, 0.1) is 0 Å². The SMILES string of the molecule is O=C(O)[C@@H](O)[C@H](O)C(=O)OP. The Labute approximate surface area is 64.1 Å². The third-order valence-corrected chi connectivity index (χ3v) is 1.14. The van der Waals surface area contributed by atoms with Crippen molar-refractivity contribution in [1.82, 2.24) is 0 Å². The molecule has 0 radical (unpaired) electrons. The molecule has 0 amide bonds. The molecule has 0 aliphatic rings. The molecule has 3 N–H and O–H groups in total. The number of hydrogen-bond acceptors (Lipinski definition) is 5. The van der Waals surface area contributed by atoms with Crippen LogP contribution in [0.25, 0.3) is 0 Å². The van der Waals surface area contributed by atoms with E-state index in [1.54, 1.807) is 0 Å². The summed E-state index contributed by atoms with van der Waals surface area (Å²) in [6, 6.07) is 0. The predicted octanol–water partition coefficient (Wildman–Crippen LogP) is -1.87. The number of carboxylic acid groups (broad SMARTS) is 1. The van der Waals surface area contributed by atoms with Crippen molar-refractivity contribution in [2.75, 3.05) is 0 Å². The molecule has 7 heteroatoms. The van der Waals surface area contributed by atoms with Gasteiger partial charge in [-0.05, 0) is 0 Å². The molecule has 6 nitrogen and oxygen atoms in total. The zero-order valence-corrected chi connectivity index (χ0v) is 6.45. The third kappa shape index (κ3) is 2.80. The second kappa shape index (κ2) is 4.23. The first-order valence-electron chi connectivity index (χ1n) is 2.50. The van der Waals surface area contributed by atoms with Gasteiger partial charge in [0.1, 0.15) is 0 Å². The molecule has 0 aromatic rings. The second-order valence-electron chi connectivity index (χ2n) is 1.66. The summed E-state index contributed by atoms with van der Waals surface area (Å²) < 4.78 is 3.89. The highest BCUT2D eigenvalue weighted by Gasteiger charge is 2.30. The lowest BCUT2D eigenvalue weighted by atomic mass is 10.2. The number of aliphatic carboxylic acids is 1. The molecule has 0 aromatic carbocycles. The first-order valence-corrected chi connectivity index (χ1v) is 2.97. The average Bonchev–Trinajstić information content (AvgIpc) is 2.00. The number of aliphatic hydroxyl groups excluding tert-OH is 2. The standard InChI is InChI=1S/C4H7O6P/c5-1(3(7)8)2(6)4(9)10-11/h1-2,5-6H,11H2,(H,7,8)/t1-,2-/m0/s1. The summed E-state index contributed by atoms with van der Waals surface area (Å²) in [5.41, 5.74) is 0. The zero-order valence-electron chi connectivity index (χ0n) is 5.30. The largest absolute Gasteiger partial charge is 0.479 e. The van der Waals surface area contributed by atoms with Crippen molar-refractivity contribution >= 4 is 21.4 Å². The van der Waals surface area contributed by atoms with Crippen LogP contribution >= 0.6 is 9.47 Å². The summed E-state index contributed by atoms with van der Waals surface area (Å²) >= 11 is 0. The van der Waals surface area contributed by atoms with Gasteiger partial charge in [0.25, 0.3) is 0 Å². The Balaban J connectivity index is 4.12. The molecule has 1 unspecified atom stereocenters. The van der Waals surface area contributed by atoms with Gasteiger partial charge in [0.05, 0.1) is 9.47 Å². The van der Waals surface area contributed by atoms with Crippen LogP contribution in [0.15, 0.2) is 0 Å². The van der Waals surface area contributed by atoms with Crippen LogP contribution in [0.4, 0.5) is 0 Å². The zero-order chi connectivity index (χ0) is 9.02. The minimum atomic E-state index is -2.15. The molecule has 0 spiro atoms. The summed E-state index contributed by atoms with van der Waals surface area (Å²) in [6.07, 6.45) is -4.20. The van der Waals surface area contributed by atoms with Crippen LogP contribution in [0.5, 0.6) is 0 Å². The Morgan fingerprint density at radius 2 is 1.73 bits per heavy atom. The molecular formula is C4H7O6P. The first-order chi connectivity index (χ1) is 5.00. The first kappa shape index (κ1) is 10.3. The maximum absolute atomic E-state index is 10.3. The maximum atomic E-state index is 10.3. The summed E-state index contributed by atoms with van der Waals surface area (Å²) in [5, 5.41) is 25.2. The highest BCUT2D eigenvalue weighted by Crippen LogP contribution is 1.99. The van der Waals surface area contributed by atoms with Gasteiger partial charge in [-0.3, -0.25) is 0 Å². The minimum Gasteiger partial charge on any atom is -0.479 e. The van der Waals surface area contributed by atoms with E-state index in [-0.39, 0.29) is 0 Å². The fourth-order valence-electron chi connectivity index (χ4n) is 0.334. The Hall–Kier alpha value is -0.710. The van der Waals surface area contributed by atoms with E-state index >= 15 is 0 Å². The smallest absolute Gasteiger partial charge is 0.340 e. The highest BCUT2D eigenvalue weighted by molar-refractivity contribution is 7.10. The quantitative estimate of drug-likeness (QED) is 0.441. The van der Waals surface area contributed by atoms with Crippen molar-refractivity contribution in [3.63, 3.8) is 0 Å². The molecule has 64 valence electrons. The fourth-order valence-corrected chi connectivity index (χ4v) is 0.473. The molecule has 0 saturated heterocycles. The van der Waals surface area contributed by atoms with Crippen LogP contribution in [0.2, 0.25) is 0 Å². The number of rotatable bonds is 3. The summed E-state index contributed by atoms with van der Waals surface area (Å²) in [6.45, 7) is 0. The monoisotopic (exact) mass is 182 g/mol. The molecule has 0 rings (SSSR count). The van der Waals surface area contributed by atoms with E-state index in [0.717, 1.165) is 0 Å². The minimum absolute atomic E-state index is 1.22. The number of carboxylic acids is 1. The maximum Gasteiger partial charge on any atom is 0.340 e. The van der Waals surface area contributed by atoms with Crippen LogP contribution in [0.1, 0.15) is 0 Å². The Bertz CT molecular complexity index is 168. The van der Waals surface area contributed by atoms with E-state index in [1.165, 1.54) is 9.47 Å². The van der Waals surface area contributed by atoms with Crippen LogP contribution < -0.4 is 0 Å². The normalized spacial score (nSPS) is 15.2. The van der Waals surface area contributed by atoms with Crippen molar-refractivity contribution < 1.29 is 29.4 Å². The van der Waals surface area contributed by atoms with E-state index in [4.69, 9.17) is 15.3 Å². The summed E-state index contributed by atoms with van der Waals surface area (Å²) in [5.74, 6) is -2.90. The van der Waals surface area contributed by atoms with Gasteiger partial charge in [-0.2, -0.15) is 0 Å². The molecule has 0 aliphatic carbocycles. The molecule has 0 aromatic heterocycles. The number of carbonyl (C=O) groups is 2. The average molecular weight is 182 g/mol. The second-order valence-corrected chi connectivity index (χ2v) is 1.90. The van der Waals surface area contributed by atoms with Gasteiger partial charge in [-0.25, -0.2) is 9.59 Å².